The largest absolute Gasteiger partial charge is 0.516 e. The van der Waals surface area contributed by atoms with Crippen LogP contribution < -0.4 is 10.0 Å². The summed E-state index contributed by atoms with van der Waals surface area (Å²) in [5.41, 5.74) is -4.72. The number of Topliss-reactive ketones (excluding diaryl/α,β-unsaturated/α-hetero) is 2. The Balaban J connectivity index is 0.000000197. The van der Waals surface area contributed by atoms with Crippen molar-refractivity contribution >= 4 is 101 Å². The summed E-state index contributed by atoms with van der Waals surface area (Å²) in [5.74, 6) is 0.605. The van der Waals surface area contributed by atoms with Gasteiger partial charge in [0, 0.05) is 25.2 Å². The summed E-state index contributed by atoms with van der Waals surface area (Å²) < 4.78 is 155. The molecule has 0 spiro atoms. The topological polar surface area (TPSA) is 255 Å². The van der Waals surface area contributed by atoms with E-state index in [1.807, 2.05) is 20.8 Å². The third-order valence-corrected chi connectivity index (χ3v) is 16.4. The fourth-order valence-electron chi connectivity index (χ4n) is 8.01. The number of aryl methyl sites for hydroxylation is 5. The normalized spacial score (nSPS) is 14.2. The zero-order valence-corrected chi connectivity index (χ0v) is 46.8. The van der Waals surface area contributed by atoms with E-state index in [4.69, 9.17) is 27.8 Å². The quantitative estimate of drug-likeness (QED) is 0.0573. The minimum absolute atomic E-state index is 0.0473. The van der Waals surface area contributed by atoms with Crippen molar-refractivity contribution < 1.29 is 65.7 Å². The van der Waals surface area contributed by atoms with Crippen LogP contribution in [0.5, 0.6) is 0 Å². The molecule has 0 saturated heterocycles. The van der Waals surface area contributed by atoms with E-state index in [0.29, 0.717) is 94.1 Å². The van der Waals surface area contributed by atoms with Crippen molar-refractivity contribution in [1.29, 1.82) is 0 Å². The van der Waals surface area contributed by atoms with Crippen LogP contribution in [0.15, 0.2) is 113 Å². The molecule has 6 heterocycles. The van der Waals surface area contributed by atoms with E-state index >= 15 is 0 Å². The lowest BCUT2D eigenvalue weighted by Crippen LogP contribution is -2.46. The second-order valence-corrected chi connectivity index (χ2v) is 23.8. The van der Waals surface area contributed by atoms with Gasteiger partial charge in [-0.1, -0.05) is 79.0 Å². The minimum atomic E-state index is -5.46. The molecule has 81 heavy (non-hydrogen) atoms. The summed E-state index contributed by atoms with van der Waals surface area (Å²) in [7, 11) is -14.9. The van der Waals surface area contributed by atoms with Crippen molar-refractivity contribution in [2.75, 3.05) is 36.2 Å². The van der Waals surface area contributed by atoms with Crippen LogP contribution in [0.4, 0.5) is 37.7 Å². The third kappa shape index (κ3) is 14.4. The Morgan fingerprint density at radius 2 is 0.951 bits per heavy atom. The number of carbonyl (C=O) groups is 2. The van der Waals surface area contributed by atoms with Gasteiger partial charge in [0.25, 0.3) is 10.1 Å². The number of sulfonamides is 2. The first-order chi connectivity index (χ1) is 38.0. The van der Waals surface area contributed by atoms with Crippen LogP contribution >= 0.6 is 23.2 Å². The summed E-state index contributed by atoms with van der Waals surface area (Å²) in [6.07, 6.45) is 9.94. The highest BCUT2D eigenvalue weighted by Gasteiger charge is 2.51. The van der Waals surface area contributed by atoms with Gasteiger partial charge in [0.05, 0.1) is 76.3 Å². The fraction of sp³-hybridized carbons (Fsp3) is 0.306. The molecular weight excluding hydrogens is 1180 g/mol. The van der Waals surface area contributed by atoms with Crippen LogP contribution in [0.1, 0.15) is 75.7 Å². The van der Waals surface area contributed by atoms with E-state index in [1.165, 1.54) is 34.5 Å². The molecule has 0 fully saturated rings. The summed E-state index contributed by atoms with van der Waals surface area (Å²) in [6.45, 7) is 4.77. The van der Waals surface area contributed by atoms with Gasteiger partial charge in [-0.2, -0.15) is 61.8 Å². The molecule has 0 amide bonds. The molecule has 7 aromatic rings. The van der Waals surface area contributed by atoms with Crippen LogP contribution in [0.3, 0.4) is 0 Å². The number of imidazole rings is 2. The van der Waals surface area contributed by atoms with Crippen molar-refractivity contribution in [3.8, 4) is 0 Å². The van der Waals surface area contributed by atoms with Gasteiger partial charge in [0.2, 0.25) is 11.6 Å². The second-order valence-electron chi connectivity index (χ2n) is 17.7. The highest BCUT2D eigenvalue weighted by atomic mass is 35.5. The number of ketones is 2. The highest BCUT2D eigenvalue weighted by Crippen LogP contribution is 2.30. The van der Waals surface area contributed by atoms with Gasteiger partial charge in [-0.15, -0.1) is 0 Å². The maximum absolute atomic E-state index is 13.0. The van der Waals surface area contributed by atoms with Crippen LogP contribution in [0, 0.1) is 6.92 Å². The zero-order valence-electron chi connectivity index (χ0n) is 42.8. The molecular formula is C49H48Cl2F6N12O9S3. The van der Waals surface area contributed by atoms with Crippen LogP contribution in [0.2, 0.25) is 10.0 Å². The SMILES string of the molecule is CCc1nc2ncc(Cl)cn2c1C(=O)CCc1ccc(N2CCN(S(=O)(=O)C(F)(F)F)C=N2)cc1.CCc1nc2ncc(Cl)cn2c1C(=O)CCc1ccc(N2CCN(S(=O)(=O)C(F)(F)F)C=N2)cc1.Cc1ccc(S(=O)(=O)O)cc1. The maximum Gasteiger partial charge on any atom is 0.516 e. The Morgan fingerprint density at radius 1 is 0.580 bits per heavy atom. The van der Waals surface area contributed by atoms with E-state index in [9.17, 15) is 61.2 Å². The molecule has 3 aromatic carbocycles. The number of nitrogens with zero attached hydrogens (tertiary/aromatic N) is 12. The number of halogens is 8. The number of aromatic nitrogens is 6. The number of anilines is 2. The van der Waals surface area contributed by atoms with Crippen LogP contribution in [-0.2, 0) is 55.8 Å². The van der Waals surface area contributed by atoms with E-state index < -0.39 is 41.2 Å². The number of hydrazone groups is 2. The molecule has 0 aliphatic carbocycles. The lowest BCUT2D eigenvalue weighted by atomic mass is 10.0. The van der Waals surface area contributed by atoms with Crippen LogP contribution in [-0.4, -0.2) is 129 Å². The molecule has 32 heteroatoms. The highest BCUT2D eigenvalue weighted by molar-refractivity contribution is 7.90. The standard InChI is InChI=1S/2C21H20ClF3N6O3S.C7H8O3S/c2*1-2-17-19(30-12-15(22)11-26-20(30)28-17)18(32)8-5-14-3-6-16(7-4-14)31-10-9-29(13-27-31)35(33,34)21(23,24)25;1-6-2-4-7(5-3-6)11(8,9)10/h2*3-4,6-7,11-13H,2,5,8-10H2,1H3;2-5H,1H3,(H,8,9,10). The van der Waals surface area contributed by atoms with Crippen molar-refractivity contribution in [2.45, 2.75) is 75.2 Å². The smallest absolute Gasteiger partial charge is 0.292 e. The Morgan fingerprint density at radius 3 is 1.26 bits per heavy atom. The zero-order chi connectivity index (χ0) is 59.2. The Kier molecular flexibility index (Phi) is 18.8. The molecule has 4 aromatic heterocycles. The number of carbonyl (C=O) groups excluding carboxylic acids is 2. The molecule has 2 aliphatic rings. The fourth-order valence-corrected chi connectivity index (χ4v) is 10.3. The Bertz CT molecular complexity index is 3640. The van der Waals surface area contributed by atoms with E-state index in [-0.39, 0.29) is 64.1 Å². The van der Waals surface area contributed by atoms with Gasteiger partial charge in [0.1, 0.15) is 24.1 Å². The maximum atomic E-state index is 13.0. The minimum Gasteiger partial charge on any atom is -0.292 e. The van der Waals surface area contributed by atoms with E-state index in [1.54, 1.807) is 81.9 Å². The molecule has 0 saturated carbocycles. The average molecular weight is 1230 g/mol. The molecule has 21 nitrogen and oxygen atoms in total. The summed E-state index contributed by atoms with van der Waals surface area (Å²) in [5, 5.41) is 11.2. The second kappa shape index (κ2) is 24.9. The monoisotopic (exact) mass is 1230 g/mol. The molecule has 9 rings (SSSR count). The molecule has 0 bridgehead atoms. The van der Waals surface area contributed by atoms with Gasteiger partial charge in [-0.25, -0.2) is 28.5 Å². The first kappa shape index (κ1) is 61.4. The Labute approximate surface area is 470 Å². The molecule has 2 aliphatic heterocycles. The van der Waals surface area contributed by atoms with Gasteiger partial charge >= 0.3 is 31.1 Å². The molecule has 0 radical (unpaired) electrons. The van der Waals surface area contributed by atoms with Crippen LogP contribution in [0.25, 0.3) is 11.6 Å². The molecule has 432 valence electrons. The predicted octanol–water partition coefficient (Wildman–Crippen LogP) is 8.59. The number of hydrogen-bond donors (Lipinski definition) is 1. The lowest BCUT2D eigenvalue weighted by Gasteiger charge is -2.29. The number of rotatable bonds is 15. The van der Waals surface area contributed by atoms with Gasteiger partial charge in [-0.05, 0) is 80.1 Å². The number of hydrogen-bond acceptors (Lipinski definition) is 16. The Hall–Kier alpha value is -7.25. The van der Waals surface area contributed by atoms with Crippen molar-refractivity contribution in [3.05, 3.63) is 147 Å². The lowest BCUT2D eigenvalue weighted by molar-refractivity contribution is -0.0477. The summed E-state index contributed by atoms with van der Waals surface area (Å²) in [6, 6.07) is 20.0. The summed E-state index contributed by atoms with van der Waals surface area (Å²) in [4.78, 5) is 43.0. The first-order valence-electron chi connectivity index (χ1n) is 24.1. The number of fused-ring (bicyclic) bond motifs is 2. The van der Waals surface area contributed by atoms with Gasteiger partial charge in [0.15, 0.2) is 11.6 Å². The number of benzene rings is 3. The van der Waals surface area contributed by atoms with Gasteiger partial charge < -0.3 is 0 Å². The molecule has 0 atom stereocenters. The van der Waals surface area contributed by atoms with E-state index in [0.717, 1.165) is 16.7 Å². The average Bonchev–Trinajstić information content (AvgIpc) is 4.02. The van der Waals surface area contributed by atoms with Crippen molar-refractivity contribution in [1.82, 2.24) is 37.3 Å². The first-order valence-corrected chi connectivity index (χ1v) is 29.2. The molecule has 0 unspecified atom stereocenters. The summed E-state index contributed by atoms with van der Waals surface area (Å²) >= 11 is 12.1. The van der Waals surface area contributed by atoms with E-state index in [2.05, 4.69) is 30.1 Å². The third-order valence-electron chi connectivity index (χ3n) is 12.2. The van der Waals surface area contributed by atoms with Crippen molar-refractivity contribution in [2.24, 2.45) is 10.2 Å². The molecule has 1 N–H and O–H groups in total. The van der Waals surface area contributed by atoms with Gasteiger partial charge in [-0.3, -0.25) is 33.0 Å². The predicted molar refractivity (Wildman–Crippen MR) is 289 cm³/mol. The number of alkyl halides is 6. The van der Waals surface area contributed by atoms with Crippen molar-refractivity contribution in [3.63, 3.8) is 0 Å².